The Bertz CT molecular complexity index is 347. The van der Waals surface area contributed by atoms with Crippen LogP contribution in [-0.2, 0) is 20.3 Å². The van der Waals surface area contributed by atoms with E-state index in [1.807, 2.05) is 24.4 Å². The first-order chi connectivity index (χ1) is 8.24. The fourth-order valence-electron chi connectivity index (χ4n) is 1.41. The van der Waals surface area contributed by atoms with E-state index in [-0.39, 0.29) is 5.97 Å². The molecule has 0 aliphatic carbocycles. The third-order valence-electron chi connectivity index (χ3n) is 2.24. The third-order valence-corrected chi connectivity index (χ3v) is 4.99. The SMILES string of the molecule is CCOC(=O)CCCCCS(=O)c1cccs1. The Morgan fingerprint density at radius 2 is 2.24 bits per heavy atom. The lowest BCUT2D eigenvalue weighted by Gasteiger charge is -2.01. The zero-order chi connectivity index (χ0) is 12.5. The van der Waals surface area contributed by atoms with Crippen molar-refractivity contribution in [3.05, 3.63) is 17.5 Å². The van der Waals surface area contributed by atoms with Crippen molar-refractivity contribution in [2.75, 3.05) is 12.4 Å². The maximum Gasteiger partial charge on any atom is 0.305 e. The Kier molecular flexibility index (Phi) is 7.12. The van der Waals surface area contributed by atoms with Gasteiger partial charge in [0.25, 0.3) is 0 Å². The van der Waals surface area contributed by atoms with Gasteiger partial charge in [0.2, 0.25) is 0 Å². The van der Waals surface area contributed by atoms with E-state index in [2.05, 4.69) is 0 Å². The molecular formula is C12H18O3S2. The van der Waals surface area contributed by atoms with Gasteiger partial charge < -0.3 is 4.74 Å². The fourth-order valence-corrected chi connectivity index (χ4v) is 3.60. The molecule has 0 saturated carbocycles. The zero-order valence-electron chi connectivity index (χ0n) is 10.0. The van der Waals surface area contributed by atoms with Crippen LogP contribution in [0.3, 0.4) is 0 Å². The molecule has 1 rings (SSSR count). The third kappa shape index (κ3) is 5.98. The molecule has 0 bridgehead atoms. The average Bonchev–Trinajstić information content (AvgIpc) is 2.82. The highest BCUT2D eigenvalue weighted by atomic mass is 32.2. The van der Waals surface area contributed by atoms with E-state index >= 15 is 0 Å². The highest BCUT2D eigenvalue weighted by Crippen LogP contribution is 2.15. The number of ether oxygens (including phenoxy) is 1. The van der Waals surface area contributed by atoms with Crippen LogP contribution in [0, 0.1) is 0 Å². The number of rotatable bonds is 8. The van der Waals surface area contributed by atoms with Crippen LogP contribution in [0.4, 0.5) is 0 Å². The van der Waals surface area contributed by atoms with Crippen molar-refractivity contribution in [2.24, 2.45) is 0 Å². The summed E-state index contributed by atoms with van der Waals surface area (Å²) in [4.78, 5) is 11.0. The number of esters is 1. The molecule has 0 spiro atoms. The van der Waals surface area contributed by atoms with Gasteiger partial charge in [0.05, 0.1) is 21.6 Å². The Morgan fingerprint density at radius 3 is 2.88 bits per heavy atom. The van der Waals surface area contributed by atoms with Crippen LogP contribution in [0.2, 0.25) is 0 Å². The summed E-state index contributed by atoms with van der Waals surface area (Å²) in [5.74, 6) is 0.551. The van der Waals surface area contributed by atoms with Crippen LogP contribution in [0.5, 0.6) is 0 Å². The first-order valence-corrected chi connectivity index (χ1v) is 8.01. The lowest BCUT2D eigenvalue weighted by atomic mass is 10.2. The number of hydrogen-bond donors (Lipinski definition) is 0. The average molecular weight is 274 g/mol. The van der Waals surface area contributed by atoms with Crippen LogP contribution < -0.4 is 0 Å². The molecule has 1 unspecified atom stereocenters. The second-order valence-electron chi connectivity index (χ2n) is 3.60. The molecule has 1 atom stereocenters. The van der Waals surface area contributed by atoms with E-state index in [4.69, 9.17) is 4.74 Å². The van der Waals surface area contributed by atoms with E-state index in [9.17, 15) is 9.00 Å². The van der Waals surface area contributed by atoms with E-state index in [0.29, 0.717) is 18.8 Å². The molecule has 1 heterocycles. The first-order valence-electron chi connectivity index (χ1n) is 5.81. The van der Waals surface area contributed by atoms with Crippen LogP contribution in [0.15, 0.2) is 21.7 Å². The van der Waals surface area contributed by atoms with Crippen LogP contribution in [0.25, 0.3) is 0 Å². The minimum atomic E-state index is -0.868. The molecule has 0 radical (unpaired) electrons. The molecule has 0 aromatic carbocycles. The van der Waals surface area contributed by atoms with E-state index in [0.717, 1.165) is 23.5 Å². The Balaban J connectivity index is 2.05. The molecule has 0 aliphatic heterocycles. The standard InChI is InChI=1S/C12H18O3S2/c1-2-15-11(13)7-4-3-5-10-17(14)12-8-6-9-16-12/h6,8-9H,2-5,7,10H2,1H3. The van der Waals surface area contributed by atoms with Gasteiger partial charge in [-0.3, -0.25) is 9.00 Å². The highest BCUT2D eigenvalue weighted by Gasteiger charge is 2.05. The summed E-state index contributed by atoms with van der Waals surface area (Å²) >= 11 is 1.53. The lowest BCUT2D eigenvalue weighted by molar-refractivity contribution is -0.143. The van der Waals surface area contributed by atoms with Crippen molar-refractivity contribution in [1.82, 2.24) is 0 Å². The zero-order valence-corrected chi connectivity index (χ0v) is 11.6. The molecule has 96 valence electrons. The minimum Gasteiger partial charge on any atom is -0.466 e. The van der Waals surface area contributed by atoms with Crippen molar-refractivity contribution in [1.29, 1.82) is 0 Å². The second-order valence-corrected chi connectivity index (χ2v) is 6.34. The van der Waals surface area contributed by atoms with E-state index in [1.165, 1.54) is 11.3 Å². The normalized spacial score (nSPS) is 12.3. The second kappa shape index (κ2) is 8.42. The van der Waals surface area contributed by atoms with Gasteiger partial charge in [-0.15, -0.1) is 11.3 Å². The molecular weight excluding hydrogens is 256 g/mol. The van der Waals surface area contributed by atoms with Crippen molar-refractivity contribution in [3.8, 4) is 0 Å². The number of carbonyl (C=O) groups excluding carboxylic acids is 1. The molecule has 5 heteroatoms. The van der Waals surface area contributed by atoms with Gasteiger partial charge >= 0.3 is 5.97 Å². The molecule has 0 aliphatic rings. The van der Waals surface area contributed by atoms with Crippen LogP contribution in [0.1, 0.15) is 32.6 Å². The summed E-state index contributed by atoms with van der Waals surface area (Å²) in [6, 6.07) is 3.82. The summed E-state index contributed by atoms with van der Waals surface area (Å²) in [5.41, 5.74) is 0. The number of hydrogen-bond acceptors (Lipinski definition) is 4. The highest BCUT2D eigenvalue weighted by molar-refractivity contribution is 7.87. The molecule has 0 N–H and O–H groups in total. The smallest absolute Gasteiger partial charge is 0.305 e. The summed E-state index contributed by atoms with van der Waals surface area (Å²) in [6.45, 7) is 2.25. The topological polar surface area (TPSA) is 43.4 Å². The van der Waals surface area contributed by atoms with Gasteiger partial charge in [-0.2, -0.15) is 0 Å². The minimum absolute atomic E-state index is 0.133. The maximum absolute atomic E-state index is 11.7. The Hall–Kier alpha value is -0.680. The molecule has 17 heavy (non-hydrogen) atoms. The van der Waals surface area contributed by atoms with Gasteiger partial charge in [-0.05, 0) is 31.2 Å². The molecule has 0 saturated heterocycles. The monoisotopic (exact) mass is 274 g/mol. The summed E-state index contributed by atoms with van der Waals surface area (Å²) in [6.07, 6.45) is 3.11. The first kappa shape index (κ1) is 14.4. The largest absolute Gasteiger partial charge is 0.466 e. The van der Waals surface area contributed by atoms with Gasteiger partial charge in [0.15, 0.2) is 0 Å². The van der Waals surface area contributed by atoms with Crippen molar-refractivity contribution < 1.29 is 13.7 Å². The van der Waals surface area contributed by atoms with E-state index < -0.39 is 10.8 Å². The quantitative estimate of drug-likeness (QED) is 0.540. The Labute approximate surface area is 109 Å². The molecule has 0 amide bonds. The van der Waals surface area contributed by atoms with Crippen LogP contribution in [-0.4, -0.2) is 22.5 Å². The number of thiophene rings is 1. The predicted octanol–water partition coefficient (Wildman–Crippen LogP) is 2.98. The van der Waals surface area contributed by atoms with Crippen molar-refractivity contribution >= 4 is 28.1 Å². The molecule has 3 nitrogen and oxygen atoms in total. The van der Waals surface area contributed by atoms with Gasteiger partial charge in [-0.25, -0.2) is 0 Å². The lowest BCUT2D eigenvalue weighted by Crippen LogP contribution is -2.03. The Morgan fingerprint density at radius 1 is 1.41 bits per heavy atom. The summed E-state index contributed by atoms with van der Waals surface area (Å²) in [7, 11) is -0.868. The summed E-state index contributed by atoms with van der Waals surface area (Å²) < 4.78 is 17.5. The van der Waals surface area contributed by atoms with Crippen molar-refractivity contribution in [2.45, 2.75) is 36.8 Å². The molecule has 1 aromatic heterocycles. The molecule has 1 aromatic rings. The van der Waals surface area contributed by atoms with Gasteiger partial charge in [0.1, 0.15) is 0 Å². The van der Waals surface area contributed by atoms with Crippen molar-refractivity contribution in [3.63, 3.8) is 0 Å². The van der Waals surface area contributed by atoms with Crippen LogP contribution >= 0.6 is 11.3 Å². The van der Waals surface area contributed by atoms with E-state index in [1.54, 1.807) is 0 Å². The number of unbranched alkanes of at least 4 members (excludes halogenated alkanes) is 2. The fraction of sp³-hybridized carbons (Fsp3) is 0.583. The van der Waals surface area contributed by atoms with Gasteiger partial charge in [0, 0.05) is 12.2 Å². The van der Waals surface area contributed by atoms with Gasteiger partial charge in [-0.1, -0.05) is 12.5 Å². The molecule has 0 fully saturated rings. The summed E-state index contributed by atoms with van der Waals surface area (Å²) in [5, 5.41) is 1.94. The number of carbonyl (C=O) groups is 1. The maximum atomic E-state index is 11.7. The predicted molar refractivity (Wildman–Crippen MR) is 70.7 cm³/mol.